The van der Waals surface area contributed by atoms with E-state index >= 15 is 0 Å². The van der Waals surface area contributed by atoms with E-state index in [1.807, 2.05) is 7.05 Å². The fourth-order valence-corrected chi connectivity index (χ4v) is 2.58. The summed E-state index contributed by atoms with van der Waals surface area (Å²) in [5, 5.41) is 6.85. The molecule has 2 rings (SSSR count). The van der Waals surface area contributed by atoms with Gasteiger partial charge in [-0.25, -0.2) is 0 Å². The normalized spacial score (nSPS) is 14.5. The summed E-state index contributed by atoms with van der Waals surface area (Å²) in [5.41, 5.74) is 2.63. The summed E-state index contributed by atoms with van der Waals surface area (Å²) in [6.45, 7) is 0.940. The van der Waals surface area contributed by atoms with Crippen molar-refractivity contribution in [3.63, 3.8) is 0 Å². The van der Waals surface area contributed by atoms with Gasteiger partial charge in [-0.1, -0.05) is 24.3 Å². The lowest BCUT2D eigenvalue weighted by molar-refractivity contribution is 0.628. The third-order valence-electron chi connectivity index (χ3n) is 3.96. The zero-order chi connectivity index (χ0) is 15.8. The minimum Gasteiger partial charge on any atom is -0.378 e. The van der Waals surface area contributed by atoms with Crippen molar-refractivity contribution in [1.29, 1.82) is 0 Å². The van der Waals surface area contributed by atoms with Crippen LogP contribution in [0.5, 0.6) is 0 Å². The predicted octanol–water partition coefficient (Wildman–Crippen LogP) is 3.19. The molecular weight excluding hydrogens is 399 g/mol. The van der Waals surface area contributed by atoms with Crippen LogP contribution in [-0.4, -0.2) is 39.7 Å². The first-order chi connectivity index (χ1) is 10.7. The van der Waals surface area contributed by atoms with E-state index in [2.05, 4.69) is 71.0 Å². The Kier molecular flexibility index (Phi) is 9.06. The van der Waals surface area contributed by atoms with Crippen LogP contribution in [0.2, 0.25) is 0 Å². The number of halogens is 1. The van der Waals surface area contributed by atoms with Crippen LogP contribution in [0.4, 0.5) is 5.69 Å². The van der Waals surface area contributed by atoms with Gasteiger partial charge in [-0.05, 0) is 43.4 Å². The van der Waals surface area contributed by atoms with Gasteiger partial charge in [0, 0.05) is 39.4 Å². The summed E-state index contributed by atoms with van der Waals surface area (Å²) in [6, 6.07) is 9.29. The van der Waals surface area contributed by atoms with Gasteiger partial charge in [0.1, 0.15) is 0 Å². The first-order valence-electron chi connectivity index (χ1n) is 8.07. The maximum Gasteiger partial charge on any atom is 0.191 e. The maximum absolute atomic E-state index is 4.29. The summed E-state index contributed by atoms with van der Waals surface area (Å²) in [6.07, 6.45) is 8.83. The molecule has 1 aromatic rings. The Labute approximate surface area is 157 Å². The van der Waals surface area contributed by atoms with Crippen molar-refractivity contribution in [2.45, 2.75) is 31.7 Å². The van der Waals surface area contributed by atoms with E-state index in [-0.39, 0.29) is 24.0 Å². The average molecular weight is 428 g/mol. The number of aryl methyl sites for hydroxylation is 1. The summed E-state index contributed by atoms with van der Waals surface area (Å²) in [5.74, 6) is 0.914. The number of nitrogens with one attached hydrogen (secondary N) is 2. The number of benzene rings is 1. The average Bonchev–Trinajstić information content (AvgIpc) is 3.03. The first kappa shape index (κ1) is 19.8. The maximum atomic E-state index is 4.29. The van der Waals surface area contributed by atoms with Gasteiger partial charge in [-0.2, -0.15) is 0 Å². The van der Waals surface area contributed by atoms with Crippen molar-refractivity contribution in [3.8, 4) is 0 Å². The van der Waals surface area contributed by atoms with Gasteiger partial charge in [0.25, 0.3) is 0 Å². The highest BCUT2D eigenvalue weighted by atomic mass is 127. The summed E-state index contributed by atoms with van der Waals surface area (Å²) in [7, 11) is 5.96. The van der Waals surface area contributed by atoms with Gasteiger partial charge in [0.05, 0.1) is 0 Å². The molecule has 0 heterocycles. The second-order valence-corrected chi connectivity index (χ2v) is 5.95. The molecule has 4 nitrogen and oxygen atoms in total. The molecule has 0 saturated heterocycles. The van der Waals surface area contributed by atoms with Gasteiger partial charge >= 0.3 is 0 Å². The zero-order valence-corrected chi connectivity index (χ0v) is 16.7. The number of guanidine groups is 1. The molecule has 1 aliphatic rings. The minimum absolute atomic E-state index is 0. The SMILES string of the molecule is CN=C(NCCCc1ccc(N(C)C)cc1)NC1CC=CC1.I. The number of nitrogens with zero attached hydrogens (tertiary/aromatic N) is 2. The van der Waals surface area contributed by atoms with Gasteiger partial charge in [-0.3, -0.25) is 4.99 Å². The molecular formula is C18H29IN4. The Morgan fingerprint density at radius 3 is 2.39 bits per heavy atom. The highest BCUT2D eigenvalue weighted by Gasteiger charge is 2.11. The lowest BCUT2D eigenvalue weighted by atomic mass is 10.1. The fourth-order valence-electron chi connectivity index (χ4n) is 2.58. The highest BCUT2D eigenvalue weighted by molar-refractivity contribution is 14.0. The van der Waals surface area contributed by atoms with Crippen LogP contribution in [0.3, 0.4) is 0 Å². The topological polar surface area (TPSA) is 39.7 Å². The molecule has 0 bridgehead atoms. The second-order valence-electron chi connectivity index (χ2n) is 5.95. The number of rotatable bonds is 6. The zero-order valence-electron chi connectivity index (χ0n) is 14.4. The number of hydrogen-bond acceptors (Lipinski definition) is 2. The van der Waals surface area contributed by atoms with Crippen LogP contribution >= 0.6 is 24.0 Å². The van der Waals surface area contributed by atoms with Crippen LogP contribution in [0.1, 0.15) is 24.8 Å². The Bertz CT molecular complexity index is 500. The molecule has 2 N–H and O–H groups in total. The molecule has 0 aromatic heterocycles. The van der Waals surface area contributed by atoms with Crippen LogP contribution in [0.15, 0.2) is 41.4 Å². The Morgan fingerprint density at radius 2 is 1.83 bits per heavy atom. The van der Waals surface area contributed by atoms with Gasteiger partial charge < -0.3 is 15.5 Å². The molecule has 128 valence electrons. The van der Waals surface area contributed by atoms with Crippen molar-refractivity contribution in [1.82, 2.24) is 10.6 Å². The minimum atomic E-state index is 0. The molecule has 5 heteroatoms. The lowest BCUT2D eigenvalue weighted by Crippen LogP contribution is -2.42. The van der Waals surface area contributed by atoms with E-state index < -0.39 is 0 Å². The Morgan fingerprint density at radius 1 is 1.17 bits per heavy atom. The van der Waals surface area contributed by atoms with Crippen molar-refractivity contribution in [2.24, 2.45) is 4.99 Å². The van der Waals surface area contributed by atoms with Crippen LogP contribution in [-0.2, 0) is 6.42 Å². The third-order valence-corrected chi connectivity index (χ3v) is 3.96. The molecule has 0 atom stereocenters. The molecule has 23 heavy (non-hydrogen) atoms. The van der Waals surface area contributed by atoms with Crippen molar-refractivity contribution in [2.75, 3.05) is 32.6 Å². The monoisotopic (exact) mass is 428 g/mol. The quantitative estimate of drug-likeness (QED) is 0.240. The summed E-state index contributed by atoms with van der Waals surface area (Å²) < 4.78 is 0. The summed E-state index contributed by atoms with van der Waals surface area (Å²) in [4.78, 5) is 6.41. The van der Waals surface area contributed by atoms with E-state index in [9.17, 15) is 0 Å². The molecule has 0 amide bonds. The lowest BCUT2D eigenvalue weighted by Gasteiger charge is -2.17. The molecule has 0 unspecified atom stereocenters. The van der Waals surface area contributed by atoms with Gasteiger partial charge in [-0.15, -0.1) is 24.0 Å². The standard InChI is InChI=1S/C18H28N4.HI/c1-19-18(21-16-8-4-5-9-16)20-14-6-7-15-10-12-17(13-11-15)22(2)3;/h4-5,10-13,16H,6-9,14H2,1-3H3,(H2,19,20,21);1H. The fraction of sp³-hybridized carbons (Fsp3) is 0.500. The third kappa shape index (κ3) is 6.81. The van der Waals surface area contributed by atoms with E-state index in [0.29, 0.717) is 6.04 Å². The van der Waals surface area contributed by atoms with Crippen LogP contribution in [0, 0.1) is 0 Å². The van der Waals surface area contributed by atoms with E-state index in [1.165, 1.54) is 11.3 Å². The molecule has 0 aliphatic heterocycles. The van der Waals surface area contributed by atoms with Crippen molar-refractivity contribution >= 4 is 35.6 Å². The number of hydrogen-bond donors (Lipinski definition) is 2. The van der Waals surface area contributed by atoms with Gasteiger partial charge in [0.15, 0.2) is 5.96 Å². The first-order valence-corrected chi connectivity index (χ1v) is 8.07. The molecule has 1 aromatic carbocycles. The summed E-state index contributed by atoms with van der Waals surface area (Å²) >= 11 is 0. The van der Waals surface area contributed by atoms with Crippen LogP contribution in [0.25, 0.3) is 0 Å². The Hall–Kier alpha value is -1.24. The number of aliphatic imine (C=N–C) groups is 1. The van der Waals surface area contributed by atoms with E-state index in [4.69, 9.17) is 0 Å². The van der Waals surface area contributed by atoms with Gasteiger partial charge in [0.2, 0.25) is 0 Å². The molecule has 0 radical (unpaired) electrons. The van der Waals surface area contributed by atoms with E-state index in [0.717, 1.165) is 38.2 Å². The second kappa shape index (κ2) is 10.5. The predicted molar refractivity (Wildman–Crippen MR) is 111 cm³/mol. The molecule has 0 fully saturated rings. The van der Waals surface area contributed by atoms with Crippen molar-refractivity contribution in [3.05, 3.63) is 42.0 Å². The van der Waals surface area contributed by atoms with Crippen LogP contribution < -0.4 is 15.5 Å². The molecule has 1 aliphatic carbocycles. The molecule has 0 spiro atoms. The Balaban J connectivity index is 0.00000264. The van der Waals surface area contributed by atoms with E-state index in [1.54, 1.807) is 0 Å². The molecule has 0 saturated carbocycles. The largest absolute Gasteiger partial charge is 0.378 e. The number of anilines is 1. The van der Waals surface area contributed by atoms with Crippen molar-refractivity contribution < 1.29 is 0 Å². The highest BCUT2D eigenvalue weighted by Crippen LogP contribution is 2.13. The smallest absolute Gasteiger partial charge is 0.191 e.